The van der Waals surface area contributed by atoms with Crippen LogP contribution >= 0.6 is 11.3 Å². The average Bonchev–Trinajstić information content (AvgIpc) is 2.89. The van der Waals surface area contributed by atoms with Crippen LogP contribution in [0.3, 0.4) is 0 Å². The number of benzene rings is 1. The second kappa shape index (κ2) is 5.54. The van der Waals surface area contributed by atoms with E-state index in [-0.39, 0.29) is 5.56 Å². The van der Waals surface area contributed by atoms with Crippen LogP contribution in [0, 0.1) is 6.92 Å². The summed E-state index contributed by atoms with van der Waals surface area (Å²) in [5.74, 6) is -0.565. The van der Waals surface area contributed by atoms with Crippen molar-refractivity contribution < 1.29 is 9.90 Å². The van der Waals surface area contributed by atoms with Crippen molar-refractivity contribution in [1.82, 2.24) is 4.98 Å². The van der Waals surface area contributed by atoms with Gasteiger partial charge in [-0.15, -0.1) is 0 Å². The van der Waals surface area contributed by atoms with Gasteiger partial charge in [-0.05, 0) is 40.9 Å². The Balaban J connectivity index is 1.97. The molecule has 2 aromatic heterocycles. The van der Waals surface area contributed by atoms with E-state index in [4.69, 9.17) is 0 Å². The SMILES string of the molecule is Cc1cscc1CNc1nc2ccccc2cc1C(=O)O. The Hall–Kier alpha value is -2.40. The number of thiophene rings is 1. The Labute approximate surface area is 126 Å². The van der Waals surface area contributed by atoms with E-state index in [0.717, 1.165) is 16.5 Å². The van der Waals surface area contributed by atoms with Crippen molar-refractivity contribution in [3.8, 4) is 0 Å². The standard InChI is InChI=1S/C16H14N2O2S/c1-10-8-21-9-12(10)7-17-15-13(16(19)20)6-11-4-2-3-5-14(11)18-15/h2-6,8-9H,7H2,1H3,(H,17,18)(H,19,20). The molecule has 106 valence electrons. The van der Waals surface area contributed by atoms with Gasteiger partial charge in [0.1, 0.15) is 11.4 Å². The number of anilines is 1. The van der Waals surface area contributed by atoms with Gasteiger partial charge in [-0.1, -0.05) is 18.2 Å². The number of aromatic carboxylic acids is 1. The highest BCUT2D eigenvalue weighted by atomic mass is 32.1. The summed E-state index contributed by atoms with van der Waals surface area (Å²) >= 11 is 1.64. The smallest absolute Gasteiger partial charge is 0.339 e. The van der Waals surface area contributed by atoms with E-state index in [1.807, 2.05) is 31.2 Å². The molecule has 0 saturated heterocycles. The summed E-state index contributed by atoms with van der Waals surface area (Å²) in [4.78, 5) is 15.9. The first-order valence-corrected chi connectivity index (χ1v) is 7.48. The summed E-state index contributed by atoms with van der Waals surface area (Å²) < 4.78 is 0. The molecule has 2 heterocycles. The molecule has 3 aromatic rings. The molecular weight excluding hydrogens is 284 g/mol. The molecule has 3 rings (SSSR count). The first kappa shape index (κ1) is 13.6. The van der Waals surface area contributed by atoms with Crippen LogP contribution in [0.2, 0.25) is 0 Å². The quantitative estimate of drug-likeness (QED) is 0.766. The van der Waals surface area contributed by atoms with Gasteiger partial charge in [0.15, 0.2) is 0 Å². The molecule has 0 bridgehead atoms. The van der Waals surface area contributed by atoms with E-state index < -0.39 is 5.97 Å². The molecule has 2 N–H and O–H groups in total. The van der Waals surface area contributed by atoms with Gasteiger partial charge in [-0.2, -0.15) is 11.3 Å². The van der Waals surface area contributed by atoms with Crippen molar-refractivity contribution in [3.63, 3.8) is 0 Å². The van der Waals surface area contributed by atoms with Gasteiger partial charge in [-0.3, -0.25) is 0 Å². The zero-order chi connectivity index (χ0) is 14.8. The molecule has 0 aliphatic carbocycles. The lowest BCUT2D eigenvalue weighted by Gasteiger charge is -2.10. The number of hydrogen-bond acceptors (Lipinski definition) is 4. The number of fused-ring (bicyclic) bond motifs is 1. The van der Waals surface area contributed by atoms with Crippen molar-refractivity contribution in [3.05, 3.63) is 57.8 Å². The van der Waals surface area contributed by atoms with Crippen molar-refractivity contribution in [2.75, 3.05) is 5.32 Å². The second-order valence-electron chi connectivity index (χ2n) is 4.82. The van der Waals surface area contributed by atoms with Crippen LogP contribution in [-0.4, -0.2) is 16.1 Å². The van der Waals surface area contributed by atoms with Crippen molar-refractivity contribution in [2.24, 2.45) is 0 Å². The normalized spacial score (nSPS) is 10.7. The minimum absolute atomic E-state index is 0.196. The van der Waals surface area contributed by atoms with Gasteiger partial charge in [-0.25, -0.2) is 9.78 Å². The Bertz CT molecular complexity index is 811. The maximum atomic E-state index is 11.4. The van der Waals surface area contributed by atoms with Gasteiger partial charge < -0.3 is 10.4 Å². The lowest BCUT2D eigenvalue weighted by atomic mass is 10.1. The van der Waals surface area contributed by atoms with Crippen LogP contribution < -0.4 is 5.32 Å². The Kier molecular flexibility index (Phi) is 3.58. The monoisotopic (exact) mass is 298 g/mol. The molecule has 0 spiro atoms. The Morgan fingerprint density at radius 2 is 2.14 bits per heavy atom. The molecule has 5 heteroatoms. The summed E-state index contributed by atoms with van der Waals surface area (Å²) in [7, 11) is 0. The molecule has 0 amide bonds. The van der Waals surface area contributed by atoms with Crippen molar-refractivity contribution >= 4 is 34.0 Å². The number of nitrogens with zero attached hydrogens (tertiary/aromatic N) is 1. The summed E-state index contributed by atoms with van der Waals surface area (Å²) in [5.41, 5.74) is 3.34. The van der Waals surface area contributed by atoms with Crippen molar-refractivity contribution in [2.45, 2.75) is 13.5 Å². The van der Waals surface area contributed by atoms with Crippen molar-refractivity contribution in [1.29, 1.82) is 0 Å². The minimum Gasteiger partial charge on any atom is -0.478 e. The fourth-order valence-electron chi connectivity index (χ4n) is 2.16. The number of pyridine rings is 1. The van der Waals surface area contributed by atoms with E-state index in [1.54, 1.807) is 17.4 Å². The maximum Gasteiger partial charge on any atom is 0.339 e. The predicted molar refractivity (Wildman–Crippen MR) is 85.1 cm³/mol. The molecule has 4 nitrogen and oxygen atoms in total. The topological polar surface area (TPSA) is 62.2 Å². The number of carboxylic acids is 1. The molecule has 0 fully saturated rings. The highest BCUT2D eigenvalue weighted by molar-refractivity contribution is 7.08. The highest BCUT2D eigenvalue weighted by Crippen LogP contribution is 2.22. The summed E-state index contributed by atoms with van der Waals surface area (Å²) in [6.45, 7) is 2.61. The Morgan fingerprint density at radius 3 is 2.86 bits per heavy atom. The second-order valence-corrected chi connectivity index (χ2v) is 5.56. The van der Waals surface area contributed by atoms with Crippen LogP contribution in [-0.2, 0) is 6.54 Å². The van der Waals surface area contributed by atoms with E-state index >= 15 is 0 Å². The number of nitrogens with one attached hydrogen (secondary N) is 1. The van der Waals surface area contributed by atoms with Gasteiger partial charge in [0, 0.05) is 11.9 Å². The third-order valence-electron chi connectivity index (χ3n) is 3.36. The number of aryl methyl sites for hydroxylation is 1. The van der Waals surface area contributed by atoms with Crippen LogP contribution in [0.15, 0.2) is 41.1 Å². The van der Waals surface area contributed by atoms with Gasteiger partial charge in [0.2, 0.25) is 0 Å². The summed E-state index contributed by atoms with van der Waals surface area (Å²) in [6.07, 6.45) is 0. The number of carboxylic acid groups (broad SMARTS) is 1. The summed E-state index contributed by atoms with van der Waals surface area (Å²) in [6, 6.07) is 9.16. The first-order valence-electron chi connectivity index (χ1n) is 6.54. The molecule has 0 radical (unpaired) electrons. The van der Waals surface area contributed by atoms with E-state index in [9.17, 15) is 9.90 Å². The number of para-hydroxylation sites is 1. The van der Waals surface area contributed by atoms with Crippen LogP contribution in [0.5, 0.6) is 0 Å². The average molecular weight is 298 g/mol. The third kappa shape index (κ3) is 2.73. The third-order valence-corrected chi connectivity index (χ3v) is 4.27. The van der Waals surface area contributed by atoms with Crippen LogP contribution in [0.1, 0.15) is 21.5 Å². The molecule has 0 aliphatic heterocycles. The molecule has 0 unspecified atom stereocenters. The van der Waals surface area contributed by atoms with Gasteiger partial charge in [0.25, 0.3) is 0 Å². The number of rotatable bonds is 4. The lowest BCUT2D eigenvalue weighted by molar-refractivity contribution is 0.0697. The zero-order valence-electron chi connectivity index (χ0n) is 11.5. The molecule has 1 aromatic carbocycles. The van der Waals surface area contributed by atoms with Crippen LogP contribution in [0.25, 0.3) is 10.9 Å². The molecular formula is C16H14N2O2S. The lowest BCUT2D eigenvalue weighted by Crippen LogP contribution is -2.08. The zero-order valence-corrected chi connectivity index (χ0v) is 12.3. The first-order chi connectivity index (χ1) is 10.1. The molecule has 0 saturated carbocycles. The summed E-state index contributed by atoms with van der Waals surface area (Å²) in [5, 5.41) is 17.5. The fourth-order valence-corrected chi connectivity index (χ4v) is 3.02. The van der Waals surface area contributed by atoms with E-state index in [0.29, 0.717) is 12.4 Å². The number of aromatic nitrogens is 1. The van der Waals surface area contributed by atoms with Gasteiger partial charge >= 0.3 is 5.97 Å². The number of carbonyl (C=O) groups is 1. The molecule has 0 aliphatic rings. The van der Waals surface area contributed by atoms with E-state index in [1.165, 1.54) is 5.56 Å². The molecule has 21 heavy (non-hydrogen) atoms. The Morgan fingerprint density at radius 1 is 1.33 bits per heavy atom. The number of hydrogen-bond donors (Lipinski definition) is 2. The minimum atomic E-state index is -0.974. The maximum absolute atomic E-state index is 11.4. The largest absolute Gasteiger partial charge is 0.478 e. The molecule has 0 atom stereocenters. The van der Waals surface area contributed by atoms with E-state index in [2.05, 4.69) is 21.1 Å². The van der Waals surface area contributed by atoms with Crippen LogP contribution in [0.4, 0.5) is 5.82 Å². The highest BCUT2D eigenvalue weighted by Gasteiger charge is 2.13. The fraction of sp³-hybridized carbons (Fsp3) is 0.125. The predicted octanol–water partition coefficient (Wildman–Crippen LogP) is 3.92. The van der Waals surface area contributed by atoms with Gasteiger partial charge in [0.05, 0.1) is 5.52 Å².